The Morgan fingerprint density at radius 3 is 2.71 bits per heavy atom. The Hall–Kier alpha value is -3.52. The van der Waals surface area contributed by atoms with Gasteiger partial charge < -0.3 is 5.32 Å². The number of nitrogens with zero attached hydrogens (tertiary/aromatic N) is 4. The molecule has 4 aromatic rings. The first kappa shape index (κ1) is 20.7. The van der Waals surface area contributed by atoms with Gasteiger partial charge >= 0.3 is 0 Å². The predicted octanol–water partition coefficient (Wildman–Crippen LogP) is 3.28. The number of hydrogen-bond donors (Lipinski definition) is 1. The Balaban J connectivity index is 1.53. The minimum atomic E-state index is -0.526. The standard InChI is InChI=1S/C22H19ClFN5O2/c1-13-3-5-16(14(2)7-13)19-9-20-22(31)28(26-12-29(20)27-19)11-21(30)25-10-15-4-6-18(24)17(23)8-15/h3-9,12H,10-11H2,1-2H3,(H,25,30). The van der Waals surface area contributed by atoms with Crippen LogP contribution in [0.15, 0.2) is 53.6 Å². The van der Waals surface area contributed by atoms with Gasteiger partial charge in [0.1, 0.15) is 24.2 Å². The number of fused-ring (bicyclic) bond motifs is 1. The van der Waals surface area contributed by atoms with Crippen molar-refractivity contribution in [2.75, 3.05) is 0 Å². The summed E-state index contributed by atoms with van der Waals surface area (Å²) in [7, 11) is 0. The van der Waals surface area contributed by atoms with Gasteiger partial charge in [0.05, 0.1) is 10.7 Å². The fourth-order valence-electron chi connectivity index (χ4n) is 3.33. The third-order valence-corrected chi connectivity index (χ3v) is 5.20. The molecule has 7 nitrogen and oxygen atoms in total. The fraction of sp³-hybridized carbons (Fsp3) is 0.182. The van der Waals surface area contributed by atoms with Crippen molar-refractivity contribution in [2.45, 2.75) is 26.9 Å². The molecule has 0 saturated heterocycles. The Bertz CT molecular complexity index is 1360. The summed E-state index contributed by atoms with van der Waals surface area (Å²) in [5.74, 6) is -0.935. The van der Waals surface area contributed by atoms with Gasteiger partial charge in [0.15, 0.2) is 0 Å². The summed E-state index contributed by atoms with van der Waals surface area (Å²) in [5.41, 5.74) is 4.32. The molecule has 2 heterocycles. The molecule has 0 aliphatic heterocycles. The highest BCUT2D eigenvalue weighted by Crippen LogP contribution is 2.23. The maximum Gasteiger partial charge on any atom is 0.293 e. The molecule has 1 N–H and O–H groups in total. The first-order chi connectivity index (χ1) is 14.8. The van der Waals surface area contributed by atoms with Crippen molar-refractivity contribution in [1.82, 2.24) is 24.7 Å². The first-order valence-electron chi connectivity index (χ1n) is 9.55. The molecule has 31 heavy (non-hydrogen) atoms. The zero-order valence-electron chi connectivity index (χ0n) is 16.9. The molecule has 0 bridgehead atoms. The number of nitrogens with one attached hydrogen (secondary N) is 1. The third kappa shape index (κ3) is 4.34. The summed E-state index contributed by atoms with van der Waals surface area (Å²) in [5, 5.41) is 11.1. The second-order valence-corrected chi connectivity index (χ2v) is 7.70. The number of carbonyl (C=O) groups is 1. The largest absolute Gasteiger partial charge is 0.350 e. The Morgan fingerprint density at radius 2 is 1.97 bits per heavy atom. The van der Waals surface area contributed by atoms with Crippen LogP contribution in [0.4, 0.5) is 4.39 Å². The summed E-state index contributed by atoms with van der Waals surface area (Å²) < 4.78 is 15.7. The molecule has 158 valence electrons. The van der Waals surface area contributed by atoms with Crippen molar-refractivity contribution in [2.24, 2.45) is 0 Å². The van der Waals surface area contributed by atoms with Crippen LogP contribution in [0.3, 0.4) is 0 Å². The normalized spacial score (nSPS) is 11.1. The molecule has 9 heteroatoms. The van der Waals surface area contributed by atoms with E-state index in [-0.39, 0.29) is 18.1 Å². The van der Waals surface area contributed by atoms with E-state index in [0.717, 1.165) is 21.4 Å². The number of benzene rings is 2. The van der Waals surface area contributed by atoms with Crippen LogP contribution in [0.25, 0.3) is 16.8 Å². The van der Waals surface area contributed by atoms with E-state index in [1.165, 1.54) is 29.0 Å². The van der Waals surface area contributed by atoms with Gasteiger partial charge in [-0.3, -0.25) is 9.59 Å². The molecule has 0 aliphatic rings. The van der Waals surface area contributed by atoms with Gasteiger partial charge in [-0.25, -0.2) is 13.6 Å². The lowest BCUT2D eigenvalue weighted by molar-refractivity contribution is -0.122. The van der Waals surface area contributed by atoms with Crippen LogP contribution in [-0.2, 0) is 17.9 Å². The van der Waals surface area contributed by atoms with Gasteiger partial charge in [0.25, 0.3) is 5.56 Å². The van der Waals surface area contributed by atoms with Gasteiger partial charge in [-0.15, -0.1) is 0 Å². The molecule has 0 spiro atoms. The topological polar surface area (TPSA) is 81.3 Å². The molecule has 2 aromatic heterocycles. The predicted molar refractivity (Wildman–Crippen MR) is 115 cm³/mol. The number of halogens is 2. The van der Waals surface area contributed by atoms with E-state index in [1.807, 2.05) is 26.0 Å². The van der Waals surface area contributed by atoms with Gasteiger partial charge in [-0.1, -0.05) is 41.4 Å². The number of rotatable bonds is 5. The van der Waals surface area contributed by atoms with E-state index in [1.54, 1.807) is 6.07 Å². The number of amides is 1. The highest BCUT2D eigenvalue weighted by atomic mass is 35.5. The van der Waals surface area contributed by atoms with Crippen molar-refractivity contribution in [3.63, 3.8) is 0 Å². The zero-order valence-corrected chi connectivity index (χ0v) is 17.7. The van der Waals surface area contributed by atoms with Crippen LogP contribution in [0.5, 0.6) is 0 Å². The van der Waals surface area contributed by atoms with Crippen molar-refractivity contribution in [1.29, 1.82) is 0 Å². The third-order valence-electron chi connectivity index (χ3n) is 4.91. The summed E-state index contributed by atoms with van der Waals surface area (Å²) in [6.45, 7) is 3.90. The van der Waals surface area contributed by atoms with Crippen LogP contribution >= 0.6 is 11.6 Å². The molecule has 2 aromatic carbocycles. The van der Waals surface area contributed by atoms with E-state index in [9.17, 15) is 14.0 Å². The van der Waals surface area contributed by atoms with E-state index >= 15 is 0 Å². The molecule has 0 unspecified atom stereocenters. The lowest BCUT2D eigenvalue weighted by Gasteiger charge is -2.07. The van der Waals surface area contributed by atoms with Gasteiger partial charge in [-0.05, 0) is 43.2 Å². The van der Waals surface area contributed by atoms with Crippen molar-refractivity contribution in [3.05, 3.63) is 86.7 Å². The van der Waals surface area contributed by atoms with Crippen molar-refractivity contribution in [3.8, 4) is 11.3 Å². The summed E-state index contributed by atoms with van der Waals surface area (Å²) >= 11 is 5.75. The zero-order chi connectivity index (χ0) is 22.1. The SMILES string of the molecule is Cc1ccc(-c2cc3c(=O)n(CC(=O)NCc4ccc(F)c(Cl)c4)ncn3n2)c(C)c1. The van der Waals surface area contributed by atoms with Gasteiger partial charge in [0, 0.05) is 12.1 Å². The van der Waals surface area contributed by atoms with Crippen LogP contribution in [0.1, 0.15) is 16.7 Å². The minimum Gasteiger partial charge on any atom is -0.350 e. The van der Waals surface area contributed by atoms with Crippen molar-refractivity contribution < 1.29 is 9.18 Å². The van der Waals surface area contributed by atoms with Crippen LogP contribution in [0.2, 0.25) is 5.02 Å². The fourth-order valence-corrected chi connectivity index (χ4v) is 3.53. The van der Waals surface area contributed by atoms with Gasteiger partial charge in [-0.2, -0.15) is 10.2 Å². The van der Waals surface area contributed by atoms with Crippen LogP contribution < -0.4 is 10.9 Å². The smallest absolute Gasteiger partial charge is 0.293 e. The Kier molecular flexibility index (Phi) is 5.56. The molecule has 0 aliphatic carbocycles. The van der Waals surface area contributed by atoms with Crippen LogP contribution in [0, 0.1) is 19.7 Å². The summed E-state index contributed by atoms with van der Waals surface area (Å²) in [6, 6.07) is 11.9. The maximum atomic E-state index is 13.2. The molecular formula is C22H19ClFN5O2. The highest BCUT2D eigenvalue weighted by Gasteiger charge is 2.13. The highest BCUT2D eigenvalue weighted by molar-refractivity contribution is 6.30. The second-order valence-electron chi connectivity index (χ2n) is 7.30. The van der Waals surface area contributed by atoms with E-state index in [2.05, 4.69) is 21.6 Å². The Labute approximate surface area is 182 Å². The number of carbonyl (C=O) groups excluding carboxylic acids is 1. The average molecular weight is 440 g/mol. The lowest BCUT2D eigenvalue weighted by atomic mass is 10.0. The monoisotopic (exact) mass is 439 g/mol. The van der Waals surface area contributed by atoms with Crippen molar-refractivity contribution >= 4 is 23.0 Å². The quantitative estimate of drug-likeness (QED) is 0.517. The summed E-state index contributed by atoms with van der Waals surface area (Å²) in [4.78, 5) is 25.1. The molecule has 4 rings (SSSR count). The average Bonchev–Trinajstić information content (AvgIpc) is 3.16. The molecule has 1 amide bonds. The Morgan fingerprint density at radius 1 is 1.16 bits per heavy atom. The van der Waals surface area contributed by atoms with Gasteiger partial charge in [0.2, 0.25) is 5.91 Å². The molecular weight excluding hydrogens is 421 g/mol. The van der Waals surface area contributed by atoms with E-state index < -0.39 is 17.3 Å². The minimum absolute atomic E-state index is 0.0181. The summed E-state index contributed by atoms with van der Waals surface area (Å²) in [6.07, 6.45) is 1.40. The first-order valence-corrected chi connectivity index (χ1v) is 9.93. The van der Waals surface area contributed by atoms with Crippen LogP contribution in [-0.4, -0.2) is 25.3 Å². The van der Waals surface area contributed by atoms with E-state index in [4.69, 9.17) is 11.6 Å². The molecule has 0 radical (unpaired) electrons. The maximum absolute atomic E-state index is 13.2. The lowest BCUT2D eigenvalue weighted by Crippen LogP contribution is -2.34. The van der Waals surface area contributed by atoms with E-state index in [0.29, 0.717) is 16.8 Å². The number of aromatic nitrogens is 4. The second kappa shape index (κ2) is 8.31. The molecule has 0 atom stereocenters. The molecule has 0 saturated carbocycles. The number of aryl methyl sites for hydroxylation is 2. The number of hydrogen-bond acceptors (Lipinski definition) is 4. The molecule has 0 fully saturated rings.